The first-order valence-corrected chi connectivity index (χ1v) is 5.96. The number of ether oxygens (including phenoxy) is 1. The van der Waals surface area contributed by atoms with Crippen molar-refractivity contribution in [3.63, 3.8) is 0 Å². The summed E-state index contributed by atoms with van der Waals surface area (Å²) in [6, 6.07) is 0. The second-order valence-corrected chi connectivity index (χ2v) is 3.98. The van der Waals surface area contributed by atoms with Crippen LogP contribution in [0.15, 0.2) is 10.1 Å². The summed E-state index contributed by atoms with van der Waals surface area (Å²) in [6.07, 6.45) is 0. The van der Waals surface area contributed by atoms with Gasteiger partial charge in [0, 0.05) is 0 Å². The highest BCUT2D eigenvalue weighted by atomic mass is 127. The molecule has 0 atom stereocenters. The van der Waals surface area contributed by atoms with E-state index in [2.05, 4.69) is 27.3 Å². The molecule has 0 saturated heterocycles. The Bertz CT molecular complexity index is 272. The summed E-state index contributed by atoms with van der Waals surface area (Å²) in [5, 5.41) is 0. The van der Waals surface area contributed by atoms with Gasteiger partial charge in [0.15, 0.2) is 0 Å². The van der Waals surface area contributed by atoms with E-state index >= 15 is 0 Å². The first-order valence-electron chi connectivity index (χ1n) is 4.71. The highest BCUT2D eigenvalue weighted by Crippen LogP contribution is 1.95. The van der Waals surface area contributed by atoms with E-state index in [4.69, 9.17) is 4.65 Å². The van der Waals surface area contributed by atoms with Crippen LogP contribution in [0.2, 0.25) is 6.82 Å². The molecular weight excluding hydrogens is 324 g/mol. The van der Waals surface area contributed by atoms with Crippen LogP contribution in [0, 0.1) is 0 Å². The molecule has 0 fully saturated rings. The summed E-state index contributed by atoms with van der Waals surface area (Å²) in [5.74, 6) is 1.02. The van der Waals surface area contributed by atoms with Crippen molar-refractivity contribution in [3.8, 4) is 0 Å². The fraction of sp³-hybridized carbons (Fsp3) is 0.556. The molecule has 16 heavy (non-hydrogen) atoms. The standard InChI is InChI=1S/C9H15BINO4/c1-10(4-5-11)16-9(14)7-12(2)6-8(13)15-3/h4-5H,6-7H2,1-3H3/b5-4+. The molecular formula is C9H15BINO4. The maximum absolute atomic E-state index is 11.4. The topological polar surface area (TPSA) is 55.8 Å². The molecule has 0 aromatic rings. The van der Waals surface area contributed by atoms with Crippen molar-refractivity contribution in [2.45, 2.75) is 6.82 Å². The Morgan fingerprint density at radius 1 is 1.38 bits per heavy atom. The number of hydrogen-bond acceptors (Lipinski definition) is 5. The molecule has 5 nitrogen and oxygen atoms in total. The lowest BCUT2D eigenvalue weighted by molar-refractivity contribution is -0.142. The molecule has 0 spiro atoms. The van der Waals surface area contributed by atoms with Crippen LogP contribution in [0.4, 0.5) is 0 Å². The van der Waals surface area contributed by atoms with E-state index in [0.717, 1.165) is 0 Å². The summed E-state index contributed by atoms with van der Waals surface area (Å²) in [7, 11) is 2.96. The summed E-state index contributed by atoms with van der Waals surface area (Å²) in [6.45, 7) is 1.65. The summed E-state index contributed by atoms with van der Waals surface area (Å²) in [5.41, 5.74) is 0. The maximum atomic E-state index is 11.4. The maximum Gasteiger partial charge on any atom is 0.385 e. The Morgan fingerprint density at radius 2 is 1.94 bits per heavy atom. The first kappa shape index (κ1) is 15.4. The van der Waals surface area contributed by atoms with Crippen LogP contribution in [0.1, 0.15) is 0 Å². The number of methoxy groups -OCH3 is 1. The Balaban J connectivity index is 3.91. The zero-order valence-corrected chi connectivity index (χ0v) is 11.8. The van der Waals surface area contributed by atoms with Crippen molar-refractivity contribution in [2.75, 3.05) is 27.2 Å². The number of nitrogens with zero attached hydrogens (tertiary/aromatic N) is 1. The molecule has 0 aromatic carbocycles. The third kappa shape index (κ3) is 7.69. The third-order valence-electron chi connectivity index (χ3n) is 1.69. The van der Waals surface area contributed by atoms with Gasteiger partial charge in [0.25, 0.3) is 0 Å². The molecule has 0 aliphatic carbocycles. The molecule has 0 saturated carbocycles. The normalized spacial score (nSPS) is 10.6. The number of halogens is 1. The average molecular weight is 339 g/mol. The van der Waals surface area contributed by atoms with E-state index in [9.17, 15) is 9.59 Å². The average Bonchev–Trinajstić information content (AvgIpc) is 2.16. The highest BCUT2D eigenvalue weighted by molar-refractivity contribution is 14.1. The van der Waals surface area contributed by atoms with E-state index in [1.54, 1.807) is 23.9 Å². The number of hydrogen-bond donors (Lipinski definition) is 0. The Kier molecular flexibility index (Phi) is 8.27. The molecule has 90 valence electrons. The number of rotatable bonds is 6. The molecule has 0 aliphatic heterocycles. The second kappa shape index (κ2) is 8.57. The van der Waals surface area contributed by atoms with Crippen LogP contribution >= 0.6 is 22.6 Å². The molecule has 0 radical (unpaired) electrons. The fourth-order valence-electron chi connectivity index (χ4n) is 0.948. The van der Waals surface area contributed by atoms with Gasteiger partial charge in [-0.1, -0.05) is 28.6 Å². The molecule has 0 rings (SSSR count). The fourth-order valence-corrected chi connectivity index (χ4v) is 1.53. The van der Waals surface area contributed by atoms with Crippen molar-refractivity contribution >= 4 is 41.4 Å². The molecule has 0 N–H and O–H groups in total. The Hall–Kier alpha value is -0.565. The van der Waals surface area contributed by atoms with Crippen LogP contribution in [0.25, 0.3) is 0 Å². The zero-order valence-electron chi connectivity index (χ0n) is 9.60. The first-order chi connectivity index (χ1) is 7.49. The minimum absolute atomic E-state index is 0.0640. The smallest absolute Gasteiger partial charge is 0.385 e. The summed E-state index contributed by atoms with van der Waals surface area (Å²) >= 11 is 2.05. The third-order valence-corrected chi connectivity index (χ3v) is 2.10. The summed E-state index contributed by atoms with van der Waals surface area (Å²) < 4.78 is 11.3. The van der Waals surface area contributed by atoms with Crippen LogP contribution in [0.5, 0.6) is 0 Å². The number of carbonyl (C=O) groups is 2. The van der Waals surface area contributed by atoms with Crippen LogP contribution in [-0.4, -0.2) is 51.0 Å². The highest BCUT2D eigenvalue weighted by Gasteiger charge is 2.14. The molecule has 7 heteroatoms. The second-order valence-electron chi connectivity index (χ2n) is 3.26. The summed E-state index contributed by atoms with van der Waals surface area (Å²) in [4.78, 5) is 23.8. The van der Waals surface area contributed by atoms with Crippen LogP contribution in [-0.2, 0) is 19.0 Å². The van der Waals surface area contributed by atoms with Gasteiger partial charge in [-0.05, 0) is 18.0 Å². The van der Waals surface area contributed by atoms with Gasteiger partial charge < -0.3 is 9.39 Å². The van der Waals surface area contributed by atoms with Gasteiger partial charge in [0.2, 0.25) is 0 Å². The van der Waals surface area contributed by atoms with Gasteiger partial charge in [-0.2, -0.15) is 0 Å². The van der Waals surface area contributed by atoms with Crippen molar-refractivity contribution in [3.05, 3.63) is 10.1 Å². The van der Waals surface area contributed by atoms with Gasteiger partial charge in [-0.15, -0.1) is 0 Å². The van der Waals surface area contributed by atoms with Gasteiger partial charge >= 0.3 is 18.9 Å². The van der Waals surface area contributed by atoms with Crippen molar-refractivity contribution in [1.82, 2.24) is 4.90 Å². The number of likely N-dealkylation sites (N-methyl/N-ethyl adjacent to an activating group) is 1. The van der Waals surface area contributed by atoms with E-state index < -0.39 is 0 Å². The zero-order chi connectivity index (χ0) is 12.6. The lowest BCUT2D eigenvalue weighted by atomic mass is 9.72. The largest absolute Gasteiger partial charge is 0.531 e. The molecule has 0 aromatic heterocycles. The van der Waals surface area contributed by atoms with E-state index in [0.29, 0.717) is 0 Å². The molecule has 0 heterocycles. The van der Waals surface area contributed by atoms with E-state index in [-0.39, 0.29) is 31.9 Å². The molecule has 0 amide bonds. The SMILES string of the molecule is COC(=O)CN(C)CC(=O)OB(C)/C=C/I. The van der Waals surface area contributed by atoms with Crippen molar-refractivity contribution in [2.24, 2.45) is 0 Å². The molecule has 0 unspecified atom stereocenters. The Morgan fingerprint density at radius 3 is 2.44 bits per heavy atom. The minimum atomic E-state index is -0.379. The molecule has 0 bridgehead atoms. The van der Waals surface area contributed by atoms with Gasteiger partial charge in [-0.3, -0.25) is 14.5 Å². The van der Waals surface area contributed by atoms with E-state index in [1.807, 2.05) is 0 Å². The van der Waals surface area contributed by atoms with E-state index in [1.165, 1.54) is 12.0 Å². The van der Waals surface area contributed by atoms with Gasteiger partial charge in [-0.25, -0.2) is 0 Å². The van der Waals surface area contributed by atoms with Crippen LogP contribution in [0.3, 0.4) is 0 Å². The van der Waals surface area contributed by atoms with Crippen molar-refractivity contribution in [1.29, 1.82) is 0 Å². The lowest BCUT2D eigenvalue weighted by Crippen LogP contribution is -2.34. The quantitative estimate of drug-likeness (QED) is 0.406. The van der Waals surface area contributed by atoms with Gasteiger partial charge in [0.05, 0.1) is 20.2 Å². The van der Waals surface area contributed by atoms with Crippen LogP contribution < -0.4 is 0 Å². The predicted molar refractivity (Wildman–Crippen MR) is 70.4 cm³/mol. The predicted octanol–water partition coefficient (Wildman–Crippen LogP) is 0.744. The number of esters is 1. The van der Waals surface area contributed by atoms with Gasteiger partial charge in [0.1, 0.15) is 0 Å². The van der Waals surface area contributed by atoms with Crippen molar-refractivity contribution < 1.29 is 19.0 Å². The number of carbonyl (C=O) groups excluding carboxylic acids is 2. The molecule has 0 aliphatic rings. The lowest BCUT2D eigenvalue weighted by Gasteiger charge is -2.15. The monoisotopic (exact) mass is 339 g/mol. The minimum Gasteiger partial charge on any atom is -0.531 e. The Labute approximate surface area is 109 Å².